The number of aromatic nitrogens is 1. The number of rotatable bonds is 4. The summed E-state index contributed by atoms with van der Waals surface area (Å²) >= 11 is 1.44. The van der Waals surface area contributed by atoms with Gasteiger partial charge in [-0.15, -0.1) is 11.3 Å². The molecule has 1 N–H and O–H groups in total. The minimum atomic E-state index is -4.31. The Kier molecular flexibility index (Phi) is 4.06. The first-order chi connectivity index (χ1) is 6.88. The van der Waals surface area contributed by atoms with Gasteiger partial charge in [-0.25, -0.2) is 4.98 Å². The molecule has 0 aliphatic carbocycles. The van der Waals surface area contributed by atoms with Gasteiger partial charge in [-0.2, -0.15) is 18.7 Å². The molecule has 3 nitrogen and oxygen atoms in total. The van der Waals surface area contributed by atoms with Gasteiger partial charge < -0.3 is 0 Å². The van der Waals surface area contributed by atoms with Crippen molar-refractivity contribution in [3.05, 3.63) is 16.1 Å². The second-order valence-corrected chi connectivity index (χ2v) is 4.10. The van der Waals surface area contributed by atoms with Gasteiger partial charge in [0.15, 0.2) is 6.61 Å². The van der Waals surface area contributed by atoms with Crippen LogP contribution >= 0.6 is 11.3 Å². The lowest BCUT2D eigenvalue weighted by Gasteiger charge is -2.12. The second-order valence-electron chi connectivity index (χ2n) is 3.03. The Morgan fingerprint density at radius 3 is 2.73 bits per heavy atom. The highest BCUT2D eigenvalue weighted by Crippen LogP contribution is 2.17. The van der Waals surface area contributed by atoms with E-state index < -0.39 is 12.8 Å². The molecule has 0 bridgehead atoms. The molecule has 0 saturated heterocycles. The monoisotopic (exact) mass is 240 g/mol. The number of alkyl halides is 3. The molecule has 15 heavy (non-hydrogen) atoms. The SMILES string of the molecule is Cc1nc(C(C)NOCC(F)(F)F)cs1. The van der Waals surface area contributed by atoms with E-state index in [2.05, 4.69) is 15.3 Å². The highest BCUT2D eigenvalue weighted by molar-refractivity contribution is 7.09. The van der Waals surface area contributed by atoms with Crippen LogP contribution in [-0.4, -0.2) is 17.8 Å². The van der Waals surface area contributed by atoms with E-state index in [4.69, 9.17) is 0 Å². The molecular formula is C8H11F3N2OS. The van der Waals surface area contributed by atoms with Crippen molar-refractivity contribution in [2.75, 3.05) is 6.61 Å². The third kappa shape index (κ3) is 4.59. The van der Waals surface area contributed by atoms with Gasteiger partial charge in [0, 0.05) is 5.38 Å². The van der Waals surface area contributed by atoms with E-state index in [-0.39, 0.29) is 6.04 Å². The van der Waals surface area contributed by atoms with Gasteiger partial charge >= 0.3 is 6.18 Å². The smallest absolute Gasteiger partial charge is 0.292 e. The summed E-state index contributed by atoms with van der Waals surface area (Å²) in [5.41, 5.74) is 2.97. The van der Waals surface area contributed by atoms with Crippen LogP contribution in [0.5, 0.6) is 0 Å². The molecule has 0 aliphatic heterocycles. The van der Waals surface area contributed by atoms with E-state index in [0.29, 0.717) is 5.69 Å². The minimum Gasteiger partial charge on any atom is -0.292 e. The van der Waals surface area contributed by atoms with Gasteiger partial charge in [0.05, 0.1) is 16.7 Å². The van der Waals surface area contributed by atoms with Crippen LogP contribution in [0.2, 0.25) is 0 Å². The zero-order chi connectivity index (χ0) is 11.5. The molecule has 0 spiro atoms. The molecule has 1 atom stereocenters. The van der Waals surface area contributed by atoms with Crippen LogP contribution in [0.4, 0.5) is 13.2 Å². The zero-order valence-corrected chi connectivity index (χ0v) is 9.08. The fourth-order valence-electron chi connectivity index (χ4n) is 0.888. The number of hydrogen-bond donors (Lipinski definition) is 1. The van der Waals surface area contributed by atoms with Crippen LogP contribution in [0.15, 0.2) is 5.38 Å². The standard InChI is InChI=1S/C8H11F3N2OS/c1-5(7-3-15-6(2)12-7)13-14-4-8(9,10)11/h3,5,13H,4H2,1-2H3. The van der Waals surface area contributed by atoms with Crippen molar-refractivity contribution in [2.45, 2.75) is 26.1 Å². The number of halogens is 3. The quantitative estimate of drug-likeness (QED) is 0.821. The Labute approximate surface area is 89.2 Å². The first kappa shape index (κ1) is 12.4. The average molecular weight is 240 g/mol. The molecule has 0 aliphatic rings. The maximum atomic E-state index is 11.7. The van der Waals surface area contributed by atoms with Gasteiger partial charge in [0.2, 0.25) is 0 Å². The number of aryl methyl sites for hydroxylation is 1. The number of hydrogen-bond acceptors (Lipinski definition) is 4. The molecule has 1 rings (SSSR count). The molecular weight excluding hydrogens is 229 g/mol. The molecule has 86 valence electrons. The summed E-state index contributed by atoms with van der Waals surface area (Å²) in [5, 5.41) is 2.65. The Hall–Kier alpha value is -0.660. The number of nitrogens with one attached hydrogen (secondary N) is 1. The molecule has 7 heteroatoms. The summed E-state index contributed by atoms with van der Waals surface area (Å²) < 4.78 is 35.2. The van der Waals surface area contributed by atoms with Crippen LogP contribution in [-0.2, 0) is 4.84 Å². The van der Waals surface area contributed by atoms with E-state index in [1.165, 1.54) is 11.3 Å². The Bertz CT molecular complexity index is 313. The van der Waals surface area contributed by atoms with E-state index in [0.717, 1.165) is 5.01 Å². The molecule has 0 fully saturated rings. The molecule has 0 amide bonds. The van der Waals surface area contributed by atoms with Crippen molar-refractivity contribution in [2.24, 2.45) is 0 Å². The normalized spacial score (nSPS) is 14.2. The summed E-state index contributed by atoms with van der Waals surface area (Å²) in [5.74, 6) is 0. The van der Waals surface area contributed by atoms with Crippen LogP contribution in [0.3, 0.4) is 0 Å². The van der Waals surface area contributed by atoms with E-state index in [1.807, 2.05) is 6.92 Å². The predicted octanol–water partition coefficient (Wildman–Crippen LogP) is 2.60. The second kappa shape index (κ2) is 4.91. The van der Waals surface area contributed by atoms with Gasteiger partial charge in [0.25, 0.3) is 0 Å². The molecule has 0 aromatic carbocycles. The van der Waals surface area contributed by atoms with Crippen LogP contribution < -0.4 is 5.48 Å². The van der Waals surface area contributed by atoms with E-state index in [9.17, 15) is 13.2 Å². The number of thiazole rings is 1. The van der Waals surface area contributed by atoms with Crippen LogP contribution in [0.25, 0.3) is 0 Å². The van der Waals surface area contributed by atoms with Crippen molar-refractivity contribution < 1.29 is 18.0 Å². The summed E-state index contributed by atoms with van der Waals surface area (Å²) in [7, 11) is 0. The first-order valence-corrected chi connectivity index (χ1v) is 5.12. The van der Waals surface area contributed by atoms with Crippen molar-refractivity contribution in [1.29, 1.82) is 0 Å². The molecule has 0 saturated carbocycles. The van der Waals surface area contributed by atoms with Gasteiger partial charge in [-0.1, -0.05) is 0 Å². The third-order valence-electron chi connectivity index (χ3n) is 1.58. The van der Waals surface area contributed by atoms with Crippen LogP contribution in [0.1, 0.15) is 23.7 Å². The third-order valence-corrected chi connectivity index (χ3v) is 2.37. The van der Waals surface area contributed by atoms with Crippen molar-refractivity contribution in [3.8, 4) is 0 Å². The Morgan fingerprint density at radius 2 is 2.27 bits per heavy atom. The van der Waals surface area contributed by atoms with Gasteiger partial charge in [-0.05, 0) is 13.8 Å². The van der Waals surface area contributed by atoms with Gasteiger partial charge in [-0.3, -0.25) is 4.84 Å². The lowest BCUT2D eigenvalue weighted by atomic mass is 10.3. The molecule has 1 unspecified atom stereocenters. The summed E-state index contributed by atoms with van der Waals surface area (Å²) in [6, 6.07) is -0.350. The molecule has 0 radical (unpaired) electrons. The molecule has 1 aromatic rings. The van der Waals surface area contributed by atoms with Crippen molar-refractivity contribution >= 4 is 11.3 Å². The van der Waals surface area contributed by atoms with Gasteiger partial charge in [0.1, 0.15) is 0 Å². The fourth-order valence-corrected chi connectivity index (χ4v) is 1.59. The lowest BCUT2D eigenvalue weighted by Crippen LogP contribution is -2.26. The number of hydroxylamine groups is 1. The van der Waals surface area contributed by atoms with Crippen LogP contribution in [0, 0.1) is 6.92 Å². The minimum absolute atomic E-state index is 0.350. The fraction of sp³-hybridized carbons (Fsp3) is 0.625. The Balaban J connectivity index is 2.34. The summed E-state index contributed by atoms with van der Waals surface area (Å²) in [6.07, 6.45) is -4.31. The zero-order valence-electron chi connectivity index (χ0n) is 8.26. The highest BCUT2D eigenvalue weighted by Gasteiger charge is 2.28. The molecule has 1 heterocycles. The van der Waals surface area contributed by atoms with E-state index >= 15 is 0 Å². The topological polar surface area (TPSA) is 34.2 Å². The summed E-state index contributed by atoms with van der Waals surface area (Å²) in [6.45, 7) is 2.21. The largest absolute Gasteiger partial charge is 0.413 e. The lowest BCUT2D eigenvalue weighted by molar-refractivity contribution is -0.192. The first-order valence-electron chi connectivity index (χ1n) is 4.24. The van der Waals surface area contributed by atoms with E-state index in [1.54, 1.807) is 12.3 Å². The molecule has 1 aromatic heterocycles. The number of nitrogens with zero attached hydrogens (tertiary/aromatic N) is 1. The Morgan fingerprint density at radius 1 is 1.60 bits per heavy atom. The highest BCUT2D eigenvalue weighted by atomic mass is 32.1. The maximum Gasteiger partial charge on any atom is 0.413 e. The average Bonchev–Trinajstić information content (AvgIpc) is 2.49. The van der Waals surface area contributed by atoms with Crippen molar-refractivity contribution in [1.82, 2.24) is 10.5 Å². The predicted molar refractivity (Wildman–Crippen MR) is 50.4 cm³/mol. The maximum absolute atomic E-state index is 11.7. The van der Waals surface area contributed by atoms with Crippen molar-refractivity contribution in [3.63, 3.8) is 0 Å². The summed E-state index contributed by atoms with van der Waals surface area (Å²) in [4.78, 5) is 8.43.